The first-order valence-electron chi connectivity index (χ1n) is 6.89. The molecular weight excluding hydrogens is 234 g/mol. The van der Waals surface area contributed by atoms with Crippen LogP contribution in [-0.4, -0.2) is 11.5 Å². The van der Waals surface area contributed by atoms with Crippen LogP contribution in [0.3, 0.4) is 0 Å². The van der Waals surface area contributed by atoms with E-state index in [-0.39, 0.29) is 0 Å². The summed E-state index contributed by atoms with van der Waals surface area (Å²) in [7, 11) is 0. The Bertz CT molecular complexity index is 616. The summed E-state index contributed by atoms with van der Waals surface area (Å²) in [6, 6.07) is 7.98. The highest BCUT2D eigenvalue weighted by Gasteiger charge is 2.06. The molecule has 0 unspecified atom stereocenters. The number of fused-ring (bicyclic) bond motifs is 1. The number of nitrogens with two attached hydrogens (primary N) is 1. The minimum absolute atomic E-state index is 0.797. The molecule has 1 aromatic heterocycles. The highest BCUT2D eigenvalue weighted by molar-refractivity contribution is 5.96. The van der Waals surface area contributed by atoms with Gasteiger partial charge in [0.15, 0.2) is 0 Å². The Morgan fingerprint density at radius 3 is 3.05 bits per heavy atom. The van der Waals surface area contributed by atoms with Gasteiger partial charge in [0, 0.05) is 18.1 Å². The van der Waals surface area contributed by atoms with Gasteiger partial charge in [-0.15, -0.1) is 0 Å². The zero-order chi connectivity index (χ0) is 13.1. The maximum atomic E-state index is 6.20. The zero-order valence-electron chi connectivity index (χ0n) is 11.0. The number of allylic oxidation sites excluding steroid dienone is 1. The van der Waals surface area contributed by atoms with Gasteiger partial charge in [-0.2, -0.15) is 0 Å². The summed E-state index contributed by atoms with van der Waals surface area (Å²) in [5, 5.41) is 4.46. The molecular formula is C16H19N3. The summed E-state index contributed by atoms with van der Waals surface area (Å²) < 4.78 is 0. The van der Waals surface area contributed by atoms with Crippen molar-refractivity contribution < 1.29 is 0 Å². The molecule has 2 aromatic rings. The lowest BCUT2D eigenvalue weighted by atomic mass is 10.1. The first-order valence-corrected chi connectivity index (χ1v) is 6.89. The van der Waals surface area contributed by atoms with Crippen molar-refractivity contribution in [1.29, 1.82) is 0 Å². The monoisotopic (exact) mass is 253 g/mol. The number of hydrogen-bond donors (Lipinski definition) is 2. The molecule has 3 rings (SSSR count). The molecule has 19 heavy (non-hydrogen) atoms. The molecule has 1 aliphatic carbocycles. The highest BCUT2D eigenvalue weighted by Crippen LogP contribution is 2.28. The summed E-state index contributed by atoms with van der Waals surface area (Å²) in [4.78, 5) is 4.31. The summed E-state index contributed by atoms with van der Waals surface area (Å²) in [6.07, 6.45) is 9.11. The molecule has 0 aliphatic heterocycles. The molecule has 0 radical (unpaired) electrons. The van der Waals surface area contributed by atoms with Crippen molar-refractivity contribution in [3.05, 3.63) is 42.1 Å². The van der Waals surface area contributed by atoms with E-state index in [2.05, 4.69) is 16.4 Å². The van der Waals surface area contributed by atoms with Crippen molar-refractivity contribution in [3.8, 4) is 0 Å². The predicted molar refractivity (Wildman–Crippen MR) is 81.2 cm³/mol. The van der Waals surface area contributed by atoms with Gasteiger partial charge in [-0.3, -0.25) is 4.98 Å². The third kappa shape index (κ3) is 2.55. The van der Waals surface area contributed by atoms with Crippen LogP contribution < -0.4 is 11.1 Å². The molecule has 0 bridgehead atoms. The van der Waals surface area contributed by atoms with Gasteiger partial charge < -0.3 is 11.1 Å². The molecule has 1 heterocycles. The Morgan fingerprint density at radius 2 is 2.21 bits per heavy atom. The average molecular weight is 253 g/mol. The number of hydrogen-bond acceptors (Lipinski definition) is 3. The van der Waals surface area contributed by atoms with Gasteiger partial charge in [-0.05, 0) is 49.9 Å². The fraction of sp³-hybridized carbons (Fsp3) is 0.312. The topological polar surface area (TPSA) is 50.9 Å². The van der Waals surface area contributed by atoms with Gasteiger partial charge in [0.2, 0.25) is 0 Å². The van der Waals surface area contributed by atoms with Crippen molar-refractivity contribution >= 4 is 22.3 Å². The van der Waals surface area contributed by atoms with Crippen LogP contribution in [0, 0.1) is 0 Å². The van der Waals surface area contributed by atoms with E-state index in [0.29, 0.717) is 0 Å². The molecule has 1 aromatic carbocycles. The summed E-state index contributed by atoms with van der Waals surface area (Å²) in [5.74, 6) is 0. The fourth-order valence-corrected chi connectivity index (χ4v) is 2.65. The van der Waals surface area contributed by atoms with Crippen LogP contribution in [-0.2, 0) is 0 Å². The summed E-state index contributed by atoms with van der Waals surface area (Å²) in [6.45, 7) is 0.946. The first-order chi connectivity index (χ1) is 9.34. The summed E-state index contributed by atoms with van der Waals surface area (Å²) >= 11 is 0. The second-order valence-electron chi connectivity index (χ2n) is 5.03. The molecule has 3 heteroatoms. The number of nitrogen functional groups attached to an aromatic ring is 1. The molecule has 1 aliphatic rings. The van der Waals surface area contributed by atoms with Crippen LogP contribution in [0.25, 0.3) is 10.9 Å². The Balaban J connectivity index is 1.72. The smallest absolute Gasteiger partial charge is 0.0724 e. The third-order valence-corrected chi connectivity index (χ3v) is 3.72. The quantitative estimate of drug-likeness (QED) is 0.645. The van der Waals surface area contributed by atoms with E-state index in [1.807, 2.05) is 24.3 Å². The van der Waals surface area contributed by atoms with Crippen molar-refractivity contribution in [1.82, 2.24) is 4.98 Å². The van der Waals surface area contributed by atoms with Gasteiger partial charge in [0.25, 0.3) is 0 Å². The van der Waals surface area contributed by atoms with Gasteiger partial charge in [-0.1, -0.05) is 11.6 Å². The molecule has 0 spiro atoms. The molecule has 3 nitrogen and oxygen atoms in total. The lowest BCUT2D eigenvalue weighted by Crippen LogP contribution is -2.05. The van der Waals surface area contributed by atoms with Crippen molar-refractivity contribution in [2.75, 3.05) is 17.6 Å². The number of rotatable bonds is 4. The third-order valence-electron chi connectivity index (χ3n) is 3.72. The number of nitrogens with one attached hydrogen (secondary N) is 1. The van der Waals surface area contributed by atoms with Crippen LogP contribution in [0.15, 0.2) is 42.1 Å². The highest BCUT2D eigenvalue weighted by atomic mass is 14.9. The van der Waals surface area contributed by atoms with Crippen molar-refractivity contribution in [3.63, 3.8) is 0 Å². The maximum Gasteiger partial charge on any atom is 0.0724 e. The van der Waals surface area contributed by atoms with Gasteiger partial charge >= 0.3 is 0 Å². The van der Waals surface area contributed by atoms with Crippen LogP contribution in [0.2, 0.25) is 0 Å². The molecule has 3 N–H and O–H groups in total. The fourth-order valence-electron chi connectivity index (χ4n) is 2.65. The Kier molecular flexibility index (Phi) is 3.36. The number of aromatic nitrogens is 1. The number of nitrogens with zero attached hydrogens (tertiary/aromatic N) is 1. The SMILES string of the molecule is Nc1c(NCCC2=CCCC2)ccc2ncccc12. The Hall–Kier alpha value is -2.03. The van der Waals surface area contributed by atoms with E-state index in [4.69, 9.17) is 5.73 Å². The van der Waals surface area contributed by atoms with Crippen LogP contribution in [0.4, 0.5) is 11.4 Å². The maximum absolute atomic E-state index is 6.20. The van der Waals surface area contributed by atoms with E-state index in [0.717, 1.165) is 35.2 Å². The minimum atomic E-state index is 0.797. The Morgan fingerprint density at radius 1 is 1.26 bits per heavy atom. The lowest BCUT2D eigenvalue weighted by Gasteiger charge is -2.11. The normalized spacial score (nSPS) is 14.6. The van der Waals surface area contributed by atoms with E-state index in [1.165, 1.54) is 19.3 Å². The first kappa shape index (κ1) is 12.0. The van der Waals surface area contributed by atoms with Gasteiger partial charge in [0.05, 0.1) is 16.9 Å². The number of benzene rings is 1. The summed E-state index contributed by atoms with van der Waals surface area (Å²) in [5.41, 5.74) is 10.5. The van der Waals surface area contributed by atoms with E-state index < -0.39 is 0 Å². The minimum Gasteiger partial charge on any atom is -0.397 e. The number of pyridine rings is 1. The molecule has 0 amide bonds. The lowest BCUT2D eigenvalue weighted by molar-refractivity contribution is 0.863. The number of anilines is 2. The van der Waals surface area contributed by atoms with Gasteiger partial charge in [0.1, 0.15) is 0 Å². The largest absolute Gasteiger partial charge is 0.397 e. The molecule has 0 fully saturated rings. The predicted octanol–water partition coefficient (Wildman–Crippen LogP) is 3.73. The standard InChI is InChI=1S/C16H19N3/c17-16-13-6-3-10-18-14(13)7-8-15(16)19-11-9-12-4-1-2-5-12/h3-4,6-8,10,19H,1-2,5,9,11,17H2. The second-order valence-corrected chi connectivity index (χ2v) is 5.03. The Labute approximate surface area is 113 Å². The van der Waals surface area contributed by atoms with Crippen molar-refractivity contribution in [2.45, 2.75) is 25.7 Å². The molecule has 0 saturated carbocycles. The van der Waals surface area contributed by atoms with Crippen molar-refractivity contribution in [2.24, 2.45) is 0 Å². The average Bonchev–Trinajstić information content (AvgIpc) is 2.95. The van der Waals surface area contributed by atoms with Crippen LogP contribution in [0.5, 0.6) is 0 Å². The van der Waals surface area contributed by atoms with Crippen LogP contribution in [0.1, 0.15) is 25.7 Å². The van der Waals surface area contributed by atoms with Crippen LogP contribution >= 0.6 is 0 Å². The molecule has 0 atom stereocenters. The zero-order valence-corrected chi connectivity index (χ0v) is 11.0. The van der Waals surface area contributed by atoms with E-state index in [9.17, 15) is 0 Å². The van der Waals surface area contributed by atoms with E-state index >= 15 is 0 Å². The second kappa shape index (κ2) is 5.31. The molecule has 0 saturated heterocycles. The van der Waals surface area contributed by atoms with Gasteiger partial charge in [-0.25, -0.2) is 0 Å². The molecule has 98 valence electrons. The van der Waals surface area contributed by atoms with E-state index in [1.54, 1.807) is 11.8 Å².